The minimum Gasteiger partial charge on any atom is -0.352 e. The summed E-state index contributed by atoms with van der Waals surface area (Å²) >= 11 is 15.9. The van der Waals surface area contributed by atoms with Gasteiger partial charge in [0.2, 0.25) is 21.8 Å². The molecule has 1 atom stereocenters. The number of nitrogens with zero attached hydrogens (tertiary/aromatic N) is 2. The number of sulfonamides is 1. The van der Waals surface area contributed by atoms with Gasteiger partial charge in [-0.2, -0.15) is 0 Å². The van der Waals surface area contributed by atoms with Gasteiger partial charge in [0.1, 0.15) is 12.6 Å². The number of hydrogen-bond acceptors (Lipinski definition) is 4. The highest BCUT2D eigenvalue weighted by atomic mass is 79.9. The van der Waals surface area contributed by atoms with Crippen molar-refractivity contribution in [2.24, 2.45) is 0 Å². The number of benzene rings is 3. The van der Waals surface area contributed by atoms with Gasteiger partial charge in [0.15, 0.2) is 0 Å². The summed E-state index contributed by atoms with van der Waals surface area (Å²) in [4.78, 5) is 29.7. The summed E-state index contributed by atoms with van der Waals surface area (Å²) in [6.07, 6.45) is 6.29. The van der Waals surface area contributed by atoms with Gasteiger partial charge in [-0.25, -0.2) is 8.42 Å². The number of rotatable bonds is 11. The minimum atomic E-state index is -3.94. The molecule has 0 aliphatic heterocycles. The normalized spacial score (nSPS) is 14.7. The largest absolute Gasteiger partial charge is 0.352 e. The molecule has 4 rings (SSSR count). The second kappa shape index (κ2) is 14.7. The summed E-state index contributed by atoms with van der Waals surface area (Å²) in [6.45, 7) is -0.438. The first-order chi connectivity index (χ1) is 20.0. The molecule has 224 valence electrons. The van der Waals surface area contributed by atoms with Crippen molar-refractivity contribution in [3.05, 3.63) is 98.4 Å². The second-order valence-electron chi connectivity index (χ2n) is 10.6. The van der Waals surface area contributed by atoms with E-state index in [9.17, 15) is 18.0 Å². The van der Waals surface area contributed by atoms with Crippen LogP contribution >= 0.6 is 39.1 Å². The fourth-order valence-corrected chi connectivity index (χ4v) is 6.85. The molecule has 0 bridgehead atoms. The molecule has 2 amide bonds. The van der Waals surface area contributed by atoms with Crippen LogP contribution in [0.1, 0.15) is 43.2 Å². The molecule has 0 unspecified atom stereocenters. The molecule has 1 aliphatic rings. The zero-order valence-electron chi connectivity index (χ0n) is 23.3. The van der Waals surface area contributed by atoms with Crippen molar-refractivity contribution in [3.8, 4) is 0 Å². The maximum Gasteiger partial charge on any atom is 0.244 e. The summed E-state index contributed by atoms with van der Waals surface area (Å²) in [6, 6.07) is 20.5. The van der Waals surface area contributed by atoms with Gasteiger partial charge in [0, 0.05) is 28.5 Å². The second-order valence-corrected chi connectivity index (χ2v) is 14.2. The van der Waals surface area contributed by atoms with Gasteiger partial charge in [0.25, 0.3) is 0 Å². The molecule has 7 nitrogen and oxygen atoms in total. The molecule has 1 aliphatic carbocycles. The highest BCUT2D eigenvalue weighted by Gasteiger charge is 2.34. The topological polar surface area (TPSA) is 86.8 Å². The third-order valence-corrected chi connectivity index (χ3v) is 9.54. The maximum atomic E-state index is 14.2. The van der Waals surface area contributed by atoms with Crippen molar-refractivity contribution in [1.29, 1.82) is 0 Å². The van der Waals surface area contributed by atoms with Crippen molar-refractivity contribution in [2.75, 3.05) is 17.1 Å². The van der Waals surface area contributed by atoms with E-state index in [0.717, 1.165) is 58.3 Å². The lowest BCUT2D eigenvalue weighted by Crippen LogP contribution is -2.55. The fourth-order valence-electron chi connectivity index (χ4n) is 5.16. The number of nitrogens with one attached hydrogen (secondary N) is 1. The molecule has 42 heavy (non-hydrogen) atoms. The highest BCUT2D eigenvalue weighted by molar-refractivity contribution is 9.10. The SMILES string of the molecule is CS(=O)(=O)N(CC(=O)N(Cc1ccc(Br)cc1)[C@H](Cc1ccccc1)C(=O)NC1CCCCC1)c1ccc(Cl)cc1Cl. The first-order valence-corrected chi connectivity index (χ1v) is 17.2. The molecule has 3 aromatic carbocycles. The third-order valence-electron chi connectivity index (χ3n) is 7.35. The van der Waals surface area contributed by atoms with Gasteiger partial charge >= 0.3 is 0 Å². The average Bonchev–Trinajstić information content (AvgIpc) is 2.95. The number of amides is 2. The molecule has 0 saturated heterocycles. The molecular weight excluding hydrogens is 661 g/mol. The first kappa shape index (κ1) is 32.3. The molecule has 0 radical (unpaired) electrons. The molecule has 0 heterocycles. The monoisotopic (exact) mass is 693 g/mol. The Labute approximate surface area is 266 Å². The Balaban J connectivity index is 1.73. The molecule has 1 N–H and O–H groups in total. The Morgan fingerprint density at radius 1 is 0.952 bits per heavy atom. The molecular formula is C31H34BrCl2N3O4S. The van der Waals surface area contributed by atoms with Crippen LogP contribution in [0.3, 0.4) is 0 Å². The van der Waals surface area contributed by atoms with Gasteiger partial charge < -0.3 is 10.2 Å². The number of halogens is 3. The van der Waals surface area contributed by atoms with Crippen LogP contribution < -0.4 is 9.62 Å². The van der Waals surface area contributed by atoms with Crippen molar-refractivity contribution >= 4 is 66.7 Å². The van der Waals surface area contributed by atoms with Crippen LogP contribution in [0.4, 0.5) is 5.69 Å². The van der Waals surface area contributed by atoms with Gasteiger partial charge in [-0.3, -0.25) is 13.9 Å². The van der Waals surface area contributed by atoms with E-state index < -0.39 is 28.5 Å². The molecule has 11 heteroatoms. The molecule has 3 aromatic rings. The maximum absolute atomic E-state index is 14.2. The number of carbonyl (C=O) groups is 2. The lowest BCUT2D eigenvalue weighted by atomic mass is 9.94. The van der Waals surface area contributed by atoms with Gasteiger partial charge in [-0.15, -0.1) is 0 Å². The van der Waals surface area contributed by atoms with Gasteiger partial charge in [0.05, 0.1) is 17.0 Å². The smallest absolute Gasteiger partial charge is 0.244 e. The summed E-state index contributed by atoms with van der Waals surface area (Å²) in [5, 5.41) is 3.62. The van der Waals surface area contributed by atoms with E-state index in [1.807, 2.05) is 54.6 Å². The van der Waals surface area contributed by atoms with Crippen LogP contribution in [-0.2, 0) is 32.6 Å². The zero-order valence-corrected chi connectivity index (χ0v) is 27.2. The van der Waals surface area contributed by atoms with Crippen LogP contribution in [0.2, 0.25) is 10.0 Å². The molecule has 0 aromatic heterocycles. The van der Waals surface area contributed by atoms with Crippen LogP contribution in [0.5, 0.6) is 0 Å². The minimum absolute atomic E-state index is 0.0366. The van der Waals surface area contributed by atoms with Gasteiger partial charge in [-0.1, -0.05) is 101 Å². The Bertz CT molecular complexity index is 1480. The van der Waals surface area contributed by atoms with Crippen LogP contribution in [0.25, 0.3) is 0 Å². The van der Waals surface area contributed by atoms with E-state index in [-0.39, 0.29) is 35.6 Å². The van der Waals surface area contributed by atoms with E-state index in [4.69, 9.17) is 23.2 Å². The number of carbonyl (C=O) groups excluding carboxylic acids is 2. The lowest BCUT2D eigenvalue weighted by molar-refractivity contribution is -0.140. The van der Waals surface area contributed by atoms with E-state index in [0.29, 0.717) is 5.02 Å². The molecule has 0 spiro atoms. The molecule has 1 fully saturated rings. The number of anilines is 1. The quantitative estimate of drug-likeness (QED) is 0.245. The summed E-state index contributed by atoms with van der Waals surface area (Å²) < 4.78 is 27.8. The Morgan fingerprint density at radius 2 is 1.62 bits per heavy atom. The summed E-state index contributed by atoms with van der Waals surface area (Å²) in [7, 11) is -3.94. The predicted octanol–water partition coefficient (Wildman–Crippen LogP) is 6.61. The highest BCUT2D eigenvalue weighted by Crippen LogP contribution is 2.31. The van der Waals surface area contributed by atoms with E-state index in [1.165, 1.54) is 23.1 Å². The van der Waals surface area contributed by atoms with Crippen molar-refractivity contribution in [1.82, 2.24) is 10.2 Å². The third kappa shape index (κ3) is 8.96. The van der Waals surface area contributed by atoms with Gasteiger partial charge in [-0.05, 0) is 54.3 Å². The van der Waals surface area contributed by atoms with Crippen molar-refractivity contribution in [3.63, 3.8) is 0 Å². The number of hydrogen-bond donors (Lipinski definition) is 1. The zero-order chi connectivity index (χ0) is 30.3. The van der Waals surface area contributed by atoms with E-state index >= 15 is 0 Å². The van der Waals surface area contributed by atoms with Crippen LogP contribution in [0.15, 0.2) is 77.3 Å². The predicted molar refractivity (Wildman–Crippen MR) is 172 cm³/mol. The standard InChI is InChI=1S/C31H34BrCl2N3O4S/c1-42(40,41)37(28-17-16-25(33)19-27(28)34)21-30(38)36(20-23-12-14-24(32)15-13-23)29(18-22-8-4-2-5-9-22)31(39)35-26-10-6-3-7-11-26/h2,4-5,8-9,12-17,19,26,29H,3,6-7,10-11,18,20-21H2,1H3,(H,35,39)/t29-/m1/s1. The Kier molecular flexibility index (Phi) is 11.3. The van der Waals surface area contributed by atoms with Crippen molar-refractivity contribution < 1.29 is 18.0 Å². The summed E-state index contributed by atoms with van der Waals surface area (Å²) in [5.74, 6) is -0.791. The van der Waals surface area contributed by atoms with Crippen LogP contribution in [0, 0.1) is 0 Å². The first-order valence-electron chi connectivity index (χ1n) is 13.8. The Hall–Kier alpha value is -2.59. The average molecular weight is 696 g/mol. The fraction of sp³-hybridized carbons (Fsp3) is 0.355. The van der Waals surface area contributed by atoms with Crippen molar-refractivity contribution in [2.45, 2.75) is 57.2 Å². The van der Waals surface area contributed by atoms with E-state index in [1.54, 1.807) is 0 Å². The van der Waals surface area contributed by atoms with E-state index in [2.05, 4.69) is 21.2 Å². The summed E-state index contributed by atoms with van der Waals surface area (Å²) in [5.41, 5.74) is 1.81. The Morgan fingerprint density at radius 3 is 2.24 bits per heavy atom. The lowest BCUT2D eigenvalue weighted by Gasteiger charge is -2.35. The van der Waals surface area contributed by atoms with Crippen LogP contribution in [-0.4, -0.2) is 50.0 Å². The molecule has 1 saturated carbocycles.